The molecule has 0 saturated carbocycles. The molecule has 0 unspecified atom stereocenters. The van der Waals surface area contributed by atoms with E-state index < -0.39 is 4.92 Å². The van der Waals surface area contributed by atoms with Gasteiger partial charge in [-0.05, 0) is 36.4 Å². The first-order chi connectivity index (χ1) is 15.0. The molecule has 0 aliphatic heterocycles. The number of carbonyl (C=O) groups excluding carboxylic acids is 1. The standard InChI is InChI=1S/C22H15FN4O3S/c23-15-7-5-14(6-8-15)21-18-3-1-2-4-19(18)22(26-25-21)31-13-20(28)24-16-9-11-17(12-10-16)27(29)30/h1-12H,13H2,(H,24,28). The first kappa shape index (κ1) is 20.4. The molecule has 9 heteroatoms. The van der Waals surface area contributed by atoms with Crippen LogP contribution >= 0.6 is 11.8 Å². The van der Waals surface area contributed by atoms with Gasteiger partial charge in [0.15, 0.2) is 0 Å². The highest BCUT2D eigenvalue weighted by molar-refractivity contribution is 8.00. The van der Waals surface area contributed by atoms with Crippen LogP contribution in [0, 0.1) is 15.9 Å². The lowest BCUT2D eigenvalue weighted by atomic mass is 10.1. The van der Waals surface area contributed by atoms with Gasteiger partial charge in [-0.3, -0.25) is 14.9 Å². The van der Waals surface area contributed by atoms with Crippen LogP contribution in [0.2, 0.25) is 0 Å². The second kappa shape index (κ2) is 8.88. The van der Waals surface area contributed by atoms with E-state index in [0.717, 1.165) is 16.3 Å². The van der Waals surface area contributed by atoms with E-state index in [2.05, 4.69) is 15.5 Å². The molecule has 0 bridgehead atoms. The molecule has 31 heavy (non-hydrogen) atoms. The van der Waals surface area contributed by atoms with Gasteiger partial charge in [-0.1, -0.05) is 36.0 Å². The molecule has 7 nitrogen and oxygen atoms in total. The number of halogens is 1. The Labute approximate surface area is 180 Å². The van der Waals surface area contributed by atoms with Gasteiger partial charge in [0.1, 0.15) is 16.5 Å². The maximum Gasteiger partial charge on any atom is 0.269 e. The largest absolute Gasteiger partial charge is 0.325 e. The fourth-order valence-electron chi connectivity index (χ4n) is 3.00. The van der Waals surface area contributed by atoms with Crippen molar-refractivity contribution in [2.24, 2.45) is 0 Å². The van der Waals surface area contributed by atoms with Crippen molar-refractivity contribution in [2.45, 2.75) is 5.03 Å². The van der Waals surface area contributed by atoms with Crippen molar-refractivity contribution < 1.29 is 14.1 Å². The molecule has 1 heterocycles. The van der Waals surface area contributed by atoms with Crippen LogP contribution in [0.25, 0.3) is 22.0 Å². The van der Waals surface area contributed by atoms with E-state index in [1.807, 2.05) is 24.3 Å². The average Bonchev–Trinajstić information content (AvgIpc) is 2.78. The molecule has 0 aliphatic rings. The van der Waals surface area contributed by atoms with Crippen molar-refractivity contribution >= 4 is 39.8 Å². The van der Waals surface area contributed by atoms with E-state index in [9.17, 15) is 19.3 Å². The molecule has 3 aromatic carbocycles. The van der Waals surface area contributed by atoms with Crippen molar-refractivity contribution in [3.05, 3.63) is 88.7 Å². The lowest BCUT2D eigenvalue weighted by Gasteiger charge is -2.09. The van der Waals surface area contributed by atoms with Crippen molar-refractivity contribution in [3.63, 3.8) is 0 Å². The Morgan fingerprint density at radius 3 is 2.32 bits per heavy atom. The van der Waals surface area contributed by atoms with Gasteiger partial charge in [-0.15, -0.1) is 10.2 Å². The van der Waals surface area contributed by atoms with Gasteiger partial charge in [-0.2, -0.15) is 0 Å². The number of carbonyl (C=O) groups is 1. The van der Waals surface area contributed by atoms with Crippen molar-refractivity contribution in [1.82, 2.24) is 10.2 Å². The molecule has 4 rings (SSSR count). The molecular weight excluding hydrogens is 419 g/mol. The zero-order chi connectivity index (χ0) is 21.8. The summed E-state index contributed by atoms with van der Waals surface area (Å²) < 4.78 is 13.3. The van der Waals surface area contributed by atoms with Gasteiger partial charge in [-0.25, -0.2) is 4.39 Å². The Kier molecular flexibility index (Phi) is 5.85. The molecule has 0 atom stereocenters. The lowest BCUT2D eigenvalue weighted by molar-refractivity contribution is -0.384. The van der Waals surface area contributed by atoms with Gasteiger partial charge < -0.3 is 5.32 Å². The predicted molar refractivity (Wildman–Crippen MR) is 117 cm³/mol. The molecule has 0 spiro atoms. The first-order valence-electron chi connectivity index (χ1n) is 9.20. The summed E-state index contributed by atoms with van der Waals surface area (Å²) in [7, 11) is 0. The number of benzene rings is 3. The van der Waals surface area contributed by atoms with E-state index in [4.69, 9.17) is 0 Å². The lowest BCUT2D eigenvalue weighted by Crippen LogP contribution is -2.14. The fraction of sp³-hybridized carbons (Fsp3) is 0.0455. The minimum absolute atomic E-state index is 0.0460. The van der Waals surface area contributed by atoms with Crippen LogP contribution in [0.5, 0.6) is 0 Å². The summed E-state index contributed by atoms with van der Waals surface area (Å²) in [6.07, 6.45) is 0. The predicted octanol–water partition coefficient (Wildman–Crippen LogP) is 5.07. The second-order valence-electron chi connectivity index (χ2n) is 6.55. The van der Waals surface area contributed by atoms with Gasteiger partial charge in [0.2, 0.25) is 5.91 Å². The maximum absolute atomic E-state index is 13.3. The Morgan fingerprint density at radius 1 is 0.968 bits per heavy atom. The van der Waals surface area contributed by atoms with Crippen molar-refractivity contribution in [2.75, 3.05) is 11.1 Å². The SMILES string of the molecule is O=C(CSc1nnc(-c2ccc(F)cc2)c2ccccc12)Nc1ccc([N+](=O)[O-])cc1. The summed E-state index contributed by atoms with van der Waals surface area (Å²) >= 11 is 1.24. The number of aromatic nitrogens is 2. The molecule has 1 amide bonds. The zero-order valence-corrected chi connectivity index (χ0v) is 16.8. The topological polar surface area (TPSA) is 98.0 Å². The van der Waals surface area contributed by atoms with Crippen LogP contribution in [-0.4, -0.2) is 26.8 Å². The third-order valence-corrected chi connectivity index (χ3v) is 5.45. The summed E-state index contributed by atoms with van der Waals surface area (Å²) in [6, 6.07) is 19.2. The quantitative estimate of drug-likeness (QED) is 0.258. The molecule has 1 aromatic heterocycles. The smallest absolute Gasteiger partial charge is 0.269 e. The van der Waals surface area contributed by atoms with Gasteiger partial charge in [0.05, 0.1) is 10.7 Å². The summed E-state index contributed by atoms with van der Waals surface area (Å²) in [4.78, 5) is 22.5. The third kappa shape index (κ3) is 4.67. The Bertz CT molecular complexity index is 1260. The van der Waals surface area contributed by atoms with E-state index >= 15 is 0 Å². The molecule has 154 valence electrons. The number of fused-ring (bicyclic) bond motifs is 1. The molecular formula is C22H15FN4O3S. The number of rotatable bonds is 6. The number of non-ortho nitro benzene ring substituents is 1. The number of nitro benzene ring substituents is 1. The molecule has 0 saturated heterocycles. The number of hydrogen-bond acceptors (Lipinski definition) is 6. The zero-order valence-electron chi connectivity index (χ0n) is 16.0. The number of nitrogens with one attached hydrogen (secondary N) is 1. The molecule has 1 N–H and O–H groups in total. The molecule has 0 aliphatic carbocycles. The Morgan fingerprint density at radius 2 is 1.65 bits per heavy atom. The van der Waals surface area contributed by atoms with Crippen LogP contribution in [0.15, 0.2) is 77.8 Å². The van der Waals surface area contributed by atoms with E-state index in [-0.39, 0.29) is 23.2 Å². The van der Waals surface area contributed by atoms with Crippen LogP contribution in [0.1, 0.15) is 0 Å². The highest BCUT2D eigenvalue weighted by Gasteiger charge is 2.13. The minimum Gasteiger partial charge on any atom is -0.325 e. The molecule has 0 fully saturated rings. The summed E-state index contributed by atoms with van der Waals surface area (Å²) in [6.45, 7) is 0. The number of nitrogens with zero attached hydrogens (tertiary/aromatic N) is 3. The molecule has 4 aromatic rings. The normalized spacial score (nSPS) is 10.7. The van der Waals surface area contributed by atoms with Crippen LogP contribution in [-0.2, 0) is 4.79 Å². The van der Waals surface area contributed by atoms with Gasteiger partial charge in [0, 0.05) is 34.2 Å². The maximum atomic E-state index is 13.3. The number of nitro groups is 1. The average molecular weight is 434 g/mol. The van der Waals surface area contributed by atoms with Gasteiger partial charge in [0.25, 0.3) is 5.69 Å². The van der Waals surface area contributed by atoms with E-state index in [1.165, 1.54) is 48.2 Å². The molecule has 0 radical (unpaired) electrons. The number of hydrogen-bond donors (Lipinski definition) is 1. The highest BCUT2D eigenvalue weighted by atomic mass is 32.2. The minimum atomic E-state index is -0.499. The van der Waals surface area contributed by atoms with E-state index in [1.54, 1.807) is 12.1 Å². The Balaban J connectivity index is 1.51. The number of amides is 1. The van der Waals surface area contributed by atoms with Crippen LogP contribution in [0.4, 0.5) is 15.8 Å². The van der Waals surface area contributed by atoms with Crippen LogP contribution in [0.3, 0.4) is 0 Å². The van der Waals surface area contributed by atoms with E-state index in [0.29, 0.717) is 16.4 Å². The van der Waals surface area contributed by atoms with Crippen molar-refractivity contribution in [3.8, 4) is 11.3 Å². The monoisotopic (exact) mass is 434 g/mol. The fourth-order valence-corrected chi connectivity index (χ4v) is 3.78. The number of anilines is 1. The summed E-state index contributed by atoms with van der Waals surface area (Å²) in [5, 5.41) is 24.3. The van der Waals surface area contributed by atoms with Crippen LogP contribution < -0.4 is 5.32 Å². The van der Waals surface area contributed by atoms with Crippen molar-refractivity contribution in [1.29, 1.82) is 0 Å². The Hall–Kier alpha value is -3.85. The summed E-state index contributed by atoms with van der Waals surface area (Å²) in [5.41, 5.74) is 1.81. The summed E-state index contributed by atoms with van der Waals surface area (Å²) in [5.74, 6) is -0.509. The van der Waals surface area contributed by atoms with Gasteiger partial charge >= 0.3 is 0 Å². The second-order valence-corrected chi connectivity index (χ2v) is 7.51. The first-order valence-corrected chi connectivity index (χ1v) is 10.2. The highest BCUT2D eigenvalue weighted by Crippen LogP contribution is 2.31. The third-order valence-electron chi connectivity index (χ3n) is 4.47. The number of thioether (sulfide) groups is 1.